The quantitative estimate of drug-likeness (QED) is 0.562. The van der Waals surface area contributed by atoms with Crippen LogP contribution in [0.5, 0.6) is 0 Å². The third-order valence-corrected chi connectivity index (χ3v) is 5.80. The van der Waals surface area contributed by atoms with E-state index in [0.717, 1.165) is 12.8 Å². The van der Waals surface area contributed by atoms with Crippen molar-refractivity contribution in [3.63, 3.8) is 0 Å². The summed E-state index contributed by atoms with van der Waals surface area (Å²) in [5.74, 6) is -0.399. The number of primary amides is 1. The molecule has 0 spiro atoms. The number of carbonyl (C=O) groups excluding carboxylic acids is 3. The molecule has 1 atom stereocenters. The van der Waals surface area contributed by atoms with Crippen LogP contribution in [0.2, 0.25) is 0 Å². The molecule has 0 radical (unpaired) electrons. The second-order valence-electron chi connectivity index (χ2n) is 8.29. The number of rotatable bonds is 10. The molecule has 2 amide bonds. The maximum absolute atomic E-state index is 12.9. The zero-order valence-corrected chi connectivity index (χ0v) is 17.9. The Kier molecular flexibility index (Phi) is 7.92. The molecule has 2 heterocycles. The summed E-state index contributed by atoms with van der Waals surface area (Å²) in [4.78, 5) is 44.7. The van der Waals surface area contributed by atoms with Gasteiger partial charge in [-0.3, -0.25) is 19.4 Å². The van der Waals surface area contributed by atoms with Crippen LogP contribution in [0.3, 0.4) is 0 Å². The largest absolute Gasteiger partial charge is 0.433 e. The number of hydrogen-bond donors (Lipinski definition) is 2. The number of nitrogens with one attached hydrogen (secondary N) is 1. The number of carbonyl (C=O) groups is 3. The summed E-state index contributed by atoms with van der Waals surface area (Å²) in [6, 6.07) is 3.62. The highest BCUT2D eigenvalue weighted by Gasteiger charge is 2.25. The van der Waals surface area contributed by atoms with E-state index < -0.39 is 5.91 Å². The number of hydrogen-bond acceptors (Lipinski definition) is 6. The highest BCUT2D eigenvalue weighted by atomic mass is 16.4. The van der Waals surface area contributed by atoms with Gasteiger partial charge in [-0.15, -0.1) is 0 Å². The Hall–Kier alpha value is -3.03. The molecule has 1 saturated carbocycles. The number of nitrogens with zero attached hydrogens (tertiary/aromatic N) is 2. The van der Waals surface area contributed by atoms with Crippen LogP contribution in [-0.2, 0) is 16.0 Å². The van der Waals surface area contributed by atoms with Gasteiger partial charge in [-0.05, 0) is 30.9 Å². The average Bonchev–Trinajstić information content (AvgIpc) is 3.20. The van der Waals surface area contributed by atoms with Crippen molar-refractivity contribution < 1.29 is 18.8 Å². The SMILES string of the molecule is CC(CCC(=O)NCC(=O)c1oc(-c2cccnc2)nc1CC1CCCCC1)C(N)=O. The topological polar surface area (TPSA) is 128 Å². The highest BCUT2D eigenvalue weighted by Crippen LogP contribution is 2.30. The van der Waals surface area contributed by atoms with Crippen molar-refractivity contribution in [2.24, 2.45) is 17.6 Å². The summed E-state index contributed by atoms with van der Waals surface area (Å²) < 4.78 is 5.85. The molecule has 1 aliphatic carbocycles. The molecular formula is C23H30N4O4. The van der Waals surface area contributed by atoms with E-state index in [4.69, 9.17) is 10.2 Å². The molecular weight excluding hydrogens is 396 g/mol. The van der Waals surface area contributed by atoms with Crippen LogP contribution in [0.4, 0.5) is 0 Å². The van der Waals surface area contributed by atoms with Crippen molar-refractivity contribution >= 4 is 17.6 Å². The van der Waals surface area contributed by atoms with E-state index in [2.05, 4.69) is 15.3 Å². The maximum Gasteiger partial charge on any atom is 0.228 e. The predicted octanol–water partition coefficient (Wildman–Crippen LogP) is 3.06. The Morgan fingerprint density at radius 2 is 2.03 bits per heavy atom. The molecule has 31 heavy (non-hydrogen) atoms. The molecule has 3 N–H and O–H groups in total. The number of nitrogens with two attached hydrogens (primary N) is 1. The second kappa shape index (κ2) is 10.8. The number of pyridine rings is 1. The number of Topliss-reactive ketones (excluding diaryl/α,β-unsaturated/α-hetero) is 1. The lowest BCUT2D eigenvalue weighted by molar-refractivity contribution is -0.123. The third kappa shape index (κ3) is 6.47. The smallest absolute Gasteiger partial charge is 0.228 e. The van der Waals surface area contributed by atoms with Crippen LogP contribution < -0.4 is 11.1 Å². The molecule has 8 heteroatoms. The number of oxazole rings is 1. The van der Waals surface area contributed by atoms with E-state index in [1.165, 1.54) is 19.3 Å². The minimum absolute atomic E-state index is 0.129. The van der Waals surface area contributed by atoms with Crippen LogP contribution in [0.15, 0.2) is 28.9 Å². The molecule has 8 nitrogen and oxygen atoms in total. The van der Waals surface area contributed by atoms with Crippen molar-refractivity contribution in [2.75, 3.05) is 6.54 Å². The molecule has 0 aromatic carbocycles. The normalized spacial score (nSPS) is 15.4. The minimum atomic E-state index is -0.444. The monoisotopic (exact) mass is 426 g/mol. The van der Waals surface area contributed by atoms with Gasteiger partial charge in [-0.2, -0.15) is 0 Å². The van der Waals surface area contributed by atoms with Crippen molar-refractivity contribution in [1.82, 2.24) is 15.3 Å². The molecule has 0 saturated heterocycles. The molecule has 0 bridgehead atoms. The van der Waals surface area contributed by atoms with Crippen LogP contribution in [0.1, 0.15) is 68.1 Å². The summed E-state index contributed by atoms with van der Waals surface area (Å²) in [5, 5.41) is 2.61. The third-order valence-electron chi connectivity index (χ3n) is 5.80. The lowest BCUT2D eigenvalue weighted by Crippen LogP contribution is -2.31. The maximum atomic E-state index is 12.9. The summed E-state index contributed by atoms with van der Waals surface area (Å²) in [6.45, 7) is 1.50. The van der Waals surface area contributed by atoms with Crippen molar-refractivity contribution in [3.8, 4) is 11.5 Å². The average molecular weight is 427 g/mol. The van der Waals surface area contributed by atoms with Crippen LogP contribution in [0, 0.1) is 11.8 Å². The minimum Gasteiger partial charge on any atom is -0.433 e. The first-order chi connectivity index (χ1) is 14.9. The number of amides is 2. The molecule has 2 aromatic rings. The van der Waals surface area contributed by atoms with Gasteiger partial charge in [0, 0.05) is 24.7 Å². The van der Waals surface area contributed by atoms with Crippen molar-refractivity contribution in [3.05, 3.63) is 36.0 Å². The first-order valence-electron chi connectivity index (χ1n) is 10.9. The van der Waals surface area contributed by atoms with Crippen LogP contribution in [0.25, 0.3) is 11.5 Å². The Bertz CT molecular complexity index is 904. The van der Waals surface area contributed by atoms with E-state index >= 15 is 0 Å². The molecule has 1 aliphatic rings. The van der Waals surface area contributed by atoms with Gasteiger partial charge in [0.1, 0.15) is 0 Å². The molecule has 2 aromatic heterocycles. The van der Waals surface area contributed by atoms with Gasteiger partial charge in [0.15, 0.2) is 5.76 Å². The Morgan fingerprint density at radius 3 is 2.71 bits per heavy atom. The molecule has 1 unspecified atom stereocenters. The lowest BCUT2D eigenvalue weighted by Gasteiger charge is -2.20. The Balaban J connectivity index is 1.68. The molecule has 3 rings (SSSR count). The van der Waals surface area contributed by atoms with E-state index in [0.29, 0.717) is 35.9 Å². The van der Waals surface area contributed by atoms with Crippen molar-refractivity contribution in [2.45, 2.75) is 58.3 Å². The van der Waals surface area contributed by atoms with E-state index in [-0.39, 0.29) is 36.3 Å². The van der Waals surface area contributed by atoms with Crippen molar-refractivity contribution in [1.29, 1.82) is 0 Å². The van der Waals surface area contributed by atoms with E-state index in [1.807, 2.05) is 6.07 Å². The summed E-state index contributed by atoms with van der Waals surface area (Å²) in [5.41, 5.74) is 6.57. The first-order valence-corrected chi connectivity index (χ1v) is 10.9. The summed E-state index contributed by atoms with van der Waals surface area (Å²) in [6.07, 6.45) is 10.4. The van der Waals surface area contributed by atoms with Gasteiger partial charge in [-0.1, -0.05) is 39.0 Å². The zero-order chi connectivity index (χ0) is 22.2. The van der Waals surface area contributed by atoms with Crippen LogP contribution >= 0.6 is 0 Å². The van der Waals surface area contributed by atoms with Gasteiger partial charge in [0.25, 0.3) is 0 Å². The molecule has 166 valence electrons. The Morgan fingerprint density at radius 1 is 1.26 bits per heavy atom. The van der Waals surface area contributed by atoms with Gasteiger partial charge >= 0.3 is 0 Å². The van der Waals surface area contributed by atoms with E-state index in [9.17, 15) is 14.4 Å². The fourth-order valence-electron chi connectivity index (χ4n) is 3.82. The fourth-order valence-corrected chi connectivity index (χ4v) is 3.82. The lowest BCUT2D eigenvalue weighted by atomic mass is 9.86. The predicted molar refractivity (Wildman–Crippen MR) is 115 cm³/mol. The second-order valence-corrected chi connectivity index (χ2v) is 8.29. The highest BCUT2D eigenvalue weighted by molar-refractivity contribution is 5.98. The standard InChI is InChI=1S/C23H30N4O4/c1-15(22(24)30)9-10-20(29)26-14-19(28)21-18(12-16-6-3-2-4-7-16)27-23(31-21)17-8-5-11-25-13-17/h5,8,11,13,15-16H,2-4,6-7,9-10,12,14H2,1H3,(H2,24,30)(H,26,29). The first kappa shape index (κ1) is 22.7. The van der Waals surface area contributed by atoms with E-state index in [1.54, 1.807) is 25.4 Å². The zero-order valence-electron chi connectivity index (χ0n) is 17.9. The number of aromatic nitrogens is 2. The molecule has 0 aliphatic heterocycles. The van der Waals surface area contributed by atoms with Crippen LogP contribution in [-0.4, -0.2) is 34.1 Å². The fraction of sp³-hybridized carbons (Fsp3) is 0.522. The Labute approximate surface area is 182 Å². The number of ketones is 1. The van der Waals surface area contributed by atoms with Gasteiger partial charge in [0.05, 0.1) is 17.8 Å². The summed E-state index contributed by atoms with van der Waals surface area (Å²) >= 11 is 0. The molecule has 1 fully saturated rings. The van der Waals surface area contributed by atoms with Gasteiger partial charge < -0.3 is 15.5 Å². The van der Waals surface area contributed by atoms with Gasteiger partial charge in [0.2, 0.25) is 23.5 Å². The van der Waals surface area contributed by atoms with Gasteiger partial charge in [-0.25, -0.2) is 4.98 Å². The summed E-state index contributed by atoms with van der Waals surface area (Å²) in [7, 11) is 0.